The Bertz CT molecular complexity index is 742. The van der Waals surface area contributed by atoms with E-state index in [1.807, 2.05) is 19.9 Å². The average molecular weight is 359 g/mol. The minimum absolute atomic E-state index is 0.0927. The maximum Gasteiger partial charge on any atom is 0.273 e. The highest BCUT2D eigenvalue weighted by Crippen LogP contribution is 2.30. The van der Waals surface area contributed by atoms with Gasteiger partial charge in [-0.25, -0.2) is 9.37 Å². The van der Waals surface area contributed by atoms with E-state index in [9.17, 15) is 9.18 Å². The smallest absolute Gasteiger partial charge is 0.273 e. The molecule has 0 spiro atoms. The summed E-state index contributed by atoms with van der Waals surface area (Å²) in [6.45, 7) is 5.80. The number of nitrogens with one attached hydrogen (secondary N) is 1. The Labute approximate surface area is 153 Å². The molecule has 0 aliphatic heterocycles. The highest BCUT2D eigenvalue weighted by molar-refractivity contribution is 5.92. The van der Waals surface area contributed by atoms with Gasteiger partial charge in [0.05, 0.1) is 6.54 Å². The van der Waals surface area contributed by atoms with Crippen LogP contribution in [0.2, 0.25) is 0 Å². The van der Waals surface area contributed by atoms with E-state index < -0.39 is 0 Å². The van der Waals surface area contributed by atoms with Gasteiger partial charge >= 0.3 is 0 Å². The number of hydrogen-bond acceptors (Lipinski definition) is 4. The van der Waals surface area contributed by atoms with Crippen molar-refractivity contribution in [2.45, 2.75) is 52.2 Å². The van der Waals surface area contributed by atoms with Crippen molar-refractivity contribution in [2.75, 3.05) is 6.54 Å². The number of rotatable bonds is 9. The molecule has 1 aliphatic carbocycles. The van der Waals surface area contributed by atoms with Gasteiger partial charge in [-0.2, -0.15) is 0 Å². The Hall–Kier alpha value is -2.21. The van der Waals surface area contributed by atoms with E-state index in [-0.39, 0.29) is 23.5 Å². The van der Waals surface area contributed by atoms with Gasteiger partial charge < -0.3 is 9.73 Å². The van der Waals surface area contributed by atoms with Gasteiger partial charge in [0.2, 0.25) is 5.89 Å². The van der Waals surface area contributed by atoms with E-state index in [4.69, 9.17) is 4.42 Å². The van der Waals surface area contributed by atoms with Crippen LogP contribution < -0.4 is 5.32 Å². The fourth-order valence-electron chi connectivity index (χ4n) is 2.80. The molecule has 0 saturated heterocycles. The monoisotopic (exact) mass is 359 g/mol. The number of carbonyl (C=O) groups excluding carboxylic acids is 1. The summed E-state index contributed by atoms with van der Waals surface area (Å²) in [4.78, 5) is 18.6. The molecular formula is C20H26FN3O2. The maximum atomic E-state index is 14.0. The number of aromatic nitrogens is 1. The van der Waals surface area contributed by atoms with E-state index in [2.05, 4.69) is 15.2 Å². The highest BCUT2D eigenvalue weighted by atomic mass is 19.1. The first-order valence-corrected chi connectivity index (χ1v) is 9.26. The van der Waals surface area contributed by atoms with Crippen molar-refractivity contribution >= 4 is 5.91 Å². The predicted octanol–water partition coefficient (Wildman–Crippen LogP) is 3.75. The molecule has 140 valence electrons. The van der Waals surface area contributed by atoms with Crippen LogP contribution in [-0.4, -0.2) is 28.4 Å². The molecule has 1 heterocycles. The quantitative estimate of drug-likeness (QED) is 0.741. The van der Waals surface area contributed by atoms with Gasteiger partial charge in [-0.05, 0) is 38.2 Å². The number of amides is 1. The molecule has 1 N–H and O–H groups in total. The minimum Gasteiger partial charge on any atom is -0.447 e. The molecule has 6 heteroatoms. The zero-order chi connectivity index (χ0) is 18.5. The number of hydrogen-bond donors (Lipinski definition) is 1. The summed E-state index contributed by atoms with van der Waals surface area (Å²) in [6, 6.07) is 6.91. The van der Waals surface area contributed by atoms with Crippen LogP contribution in [0.3, 0.4) is 0 Å². The van der Waals surface area contributed by atoms with Crippen LogP contribution in [0.1, 0.15) is 55.1 Å². The third kappa shape index (κ3) is 5.14. The Kier molecular flexibility index (Phi) is 6.04. The Morgan fingerprint density at radius 2 is 2.15 bits per heavy atom. The summed E-state index contributed by atoms with van der Waals surface area (Å²) >= 11 is 0. The Balaban J connectivity index is 1.65. The summed E-state index contributed by atoms with van der Waals surface area (Å²) < 4.78 is 19.5. The first kappa shape index (κ1) is 18.6. The predicted molar refractivity (Wildman–Crippen MR) is 97.0 cm³/mol. The van der Waals surface area contributed by atoms with E-state index in [0.717, 1.165) is 13.0 Å². The maximum absolute atomic E-state index is 14.0. The minimum atomic E-state index is -0.225. The topological polar surface area (TPSA) is 58.4 Å². The Morgan fingerprint density at radius 3 is 2.85 bits per heavy atom. The first-order valence-electron chi connectivity index (χ1n) is 9.26. The molecule has 1 atom stereocenters. The second kappa shape index (κ2) is 8.45. The lowest BCUT2D eigenvalue weighted by Gasteiger charge is -2.21. The van der Waals surface area contributed by atoms with Crippen LogP contribution in [-0.2, 0) is 13.1 Å². The molecule has 5 nitrogen and oxygen atoms in total. The van der Waals surface area contributed by atoms with Crippen molar-refractivity contribution in [2.24, 2.45) is 5.92 Å². The second-order valence-corrected chi connectivity index (χ2v) is 7.11. The number of nitrogens with zero attached hydrogens (tertiary/aromatic N) is 2. The SMILES string of the molecule is CCC(C)NC(=O)c1coc(CN(Cc2ccccc2F)CC2CC2)n1. The van der Waals surface area contributed by atoms with Crippen molar-refractivity contribution in [3.8, 4) is 0 Å². The van der Waals surface area contributed by atoms with Gasteiger partial charge in [0.15, 0.2) is 5.69 Å². The van der Waals surface area contributed by atoms with Gasteiger partial charge in [0, 0.05) is 24.7 Å². The van der Waals surface area contributed by atoms with Crippen LogP contribution in [0.5, 0.6) is 0 Å². The molecule has 3 rings (SSSR count). The van der Waals surface area contributed by atoms with Crippen molar-refractivity contribution in [3.05, 3.63) is 53.5 Å². The van der Waals surface area contributed by atoms with Gasteiger partial charge in [0.25, 0.3) is 5.91 Å². The molecule has 1 fully saturated rings. The summed E-state index contributed by atoms with van der Waals surface area (Å²) in [7, 11) is 0. The third-order valence-electron chi connectivity index (χ3n) is 4.70. The fraction of sp³-hybridized carbons (Fsp3) is 0.500. The molecule has 2 aromatic rings. The molecule has 1 aromatic heterocycles. The van der Waals surface area contributed by atoms with E-state index >= 15 is 0 Å². The van der Waals surface area contributed by atoms with Crippen molar-refractivity contribution < 1.29 is 13.6 Å². The summed E-state index contributed by atoms with van der Waals surface area (Å²) in [5.74, 6) is 0.715. The standard InChI is InChI=1S/C20H26FN3O2/c1-3-14(2)22-20(25)18-13-26-19(23-18)12-24(10-15-8-9-15)11-16-6-4-5-7-17(16)21/h4-7,13-15H,3,8-12H2,1-2H3,(H,22,25). The molecule has 0 bridgehead atoms. The van der Waals surface area contributed by atoms with E-state index in [0.29, 0.717) is 30.5 Å². The largest absolute Gasteiger partial charge is 0.447 e. The van der Waals surface area contributed by atoms with Crippen LogP contribution in [0.25, 0.3) is 0 Å². The number of benzene rings is 1. The molecule has 26 heavy (non-hydrogen) atoms. The number of carbonyl (C=O) groups is 1. The second-order valence-electron chi connectivity index (χ2n) is 7.11. The molecule has 1 aromatic carbocycles. The summed E-state index contributed by atoms with van der Waals surface area (Å²) in [5, 5.41) is 2.88. The number of oxazole rings is 1. The average Bonchev–Trinajstić information content (AvgIpc) is 3.31. The summed E-state index contributed by atoms with van der Waals surface area (Å²) in [5.41, 5.74) is 0.951. The van der Waals surface area contributed by atoms with Crippen molar-refractivity contribution in [3.63, 3.8) is 0 Å². The molecular weight excluding hydrogens is 333 g/mol. The van der Waals surface area contributed by atoms with E-state index in [1.54, 1.807) is 12.1 Å². The van der Waals surface area contributed by atoms with Crippen LogP contribution >= 0.6 is 0 Å². The summed E-state index contributed by atoms with van der Waals surface area (Å²) in [6.07, 6.45) is 4.67. The molecule has 1 unspecified atom stereocenters. The lowest BCUT2D eigenvalue weighted by Crippen LogP contribution is -2.32. The molecule has 1 amide bonds. The lowest BCUT2D eigenvalue weighted by atomic mass is 10.2. The van der Waals surface area contributed by atoms with Crippen LogP contribution in [0.15, 0.2) is 34.9 Å². The zero-order valence-electron chi connectivity index (χ0n) is 15.4. The van der Waals surface area contributed by atoms with E-state index in [1.165, 1.54) is 25.2 Å². The van der Waals surface area contributed by atoms with Gasteiger partial charge in [-0.15, -0.1) is 0 Å². The van der Waals surface area contributed by atoms with Gasteiger partial charge in [-0.1, -0.05) is 25.1 Å². The van der Waals surface area contributed by atoms with Gasteiger partial charge in [0.1, 0.15) is 12.1 Å². The lowest BCUT2D eigenvalue weighted by molar-refractivity contribution is 0.0934. The molecule has 1 aliphatic rings. The highest BCUT2D eigenvalue weighted by Gasteiger charge is 2.26. The third-order valence-corrected chi connectivity index (χ3v) is 4.70. The fourth-order valence-corrected chi connectivity index (χ4v) is 2.80. The molecule has 1 saturated carbocycles. The van der Waals surface area contributed by atoms with Crippen LogP contribution in [0.4, 0.5) is 4.39 Å². The van der Waals surface area contributed by atoms with Crippen LogP contribution in [0, 0.1) is 11.7 Å². The van der Waals surface area contributed by atoms with Crippen molar-refractivity contribution in [1.82, 2.24) is 15.2 Å². The number of halogens is 1. The molecule has 0 radical (unpaired) electrons. The Morgan fingerprint density at radius 1 is 1.38 bits per heavy atom. The normalized spacial score (nSPS) is 15.2. The van der Waals surface area contributed by atoms with Gasteiger partial charge in [-0.3, -0.25) is 9.69 Å². The van der Waals surface area contributed by atoms with Crippen molar-refractivity contribution in [1.29, 1.82) is 0 Å². The first-order chi connectivity index (χ1) is 12.5. The zero-order valence-corrected chi connectivity index (χ0v) is 15.4.